The number of carbonyl (C=O) groups excluding carboxylic acids is 1. The van der Waals surface area contributed by atoms with E-state index in [1.807, 2.05) is 0 Å². The maximum Gasteiger partial charge on any atom is 0.243 e. The molecule has 0 saturated carbocycles. The highest BCUT2D eigenvalue weighted by Crippen LogP contribution is 2.27. The SMILES string of the molecule is COc1ccc(NCC(=O)Nc2cc(F)ccc2F)cc1Cl. The number of amides is 1. The quantitative estimate of drug-likeness (QED) is 0.881. The molecule has 2 rings (SSSR count). The number of halogens is 3. The summed E-state index contributed by atoms with van der Waals surface area (Å²) < 4.78 is 31.4. The Morgan fingerprint density at radius 3 is 2.68 bits per heavy atom. The van der Waals surface area contributed by atoms with Crippen molar-refractivity contribution in [2.45, 2.75) is 0 Å². The monoisotopic (exact) mass is 326 g/mol. The van der Waals surface area contributed by atoms with Gasteiger partial charge in [0.05, 0.1) is 24.4 Å². The molecule has 2 aromatic carbocycles. The van der Waals surface area contributed by atoms with Crippen molar-refractivity contribution >= 4 is 28.9 Å². The van der Waals surface area contributed by atoms with Gasteiger partial charge in [0.25, 0.3) is 0 Å². The van der Waals surface area contributed by atoms with E-state index in [9.17, 15) is 13.6 Å². The van der Waals surface area contributed by atoms with Crippen LogP contribution in [0.25, 0.3) is 0 Å². The second-order valence-electron chi connectivity index (χ2n) is 4.38. The average Bonchev–Trinajstić information content (AvgIpc) is 2.49. The van der Waals surface area contributed by atoms with Gasteiger partial charge >= 0.3 is 0 Å². The number of rotatable bonds is 5. The van der Waals surface area contributed by atoms with Crippen molar-refractivity contribution in [1.82, 2.24) is 0 Å². The normalized spacial score (nSPS) is 10.2. The molecule has 0 aromatic heterocycles. The standard InChI is InChI=1S/C15H13ClF2N2O2/c1-22-14-5-3-10(7-11(14)16)19-8-15(21)20-13-6-9(17)2-4-12(13)18/h2-7,19H,8H2,1H3,(H,20,21). The number of carbonyl (C=O) groups is 1. The summed E-state index contributed by atoms with van der Waals surface area (Å²) in [6, 6.07) is 7.76. The number of benzene rings is 2. The van der Waals surface area contributed by atoms with E-state index in [4.69, 9.17) is 16.3 Å². The molecule has 0 fully saturated rings. The lowest BCUT2D eigenvalue weighted by molar-refractivity contribution is -0.114. The maximum absolute atomic E-state index is 13.4. The van der Waals surface area contributed by atoms with Gasteiger partial charge in [-0.05, 0) is 30.3 Å². The maximum atomic E-state index is 13.4. The molecule has 0 aliphatic rings. The third kappa shape index (κ3) is 4.08. The summed E-state index contributed by atoms with van der Waals surface area (Å²) in [6.45, 7) is -0.126. The van der Waals surface area contributed by atoms with Crippen LogP contribution in [0.3, 0.4) is 0 Å². The Bertz CT molecular complexity index is 695. The summed E-state index contributed by atoms with van der Waals surface area (Å²) in [4.78, 5) is 11.7. The lowest BCUT2D eigenvalue weighted by atomic mass is 10.3. The second-order valence-corrected chi connectivity index (χ2v) is 4.78. The van der Waals surface area contributed by atoms with Crippen LogP contribution in [-0.4, -0.2) is 19.6 Å². The number of ether oxygens (including phenoxy) is 1. The zero-order chi connectivity index (χ0) is 16.1. The van der Waals surface area contributed by atoms with Crippen LogP contribution >= 0.6 is 11.6 Å². The molecule has 7 heteroatoms. The van der Waals surface area contributed by atoms with Crippen LogP contribution in [0.4, 0.5) is 20.2 Å². The fourth-order valence-corrected chi connectivity index (χ4v) is 2.00. The van der Waals surface area contributed by atoms with E-state index in [0.717, 1.165) is 18.2 Å². The van der Waals surface area contributed by atoms with Gasteiger partial charge in [0, 0.05) is 11.8 Å². The highest BCUT2D eigenvalue weighted by atomic mass is 35.5. The van der Waals surface area contributed by atoms with Crippen LogP contribution in [-0.2, 0) is 4.79 Å². The van der Waals surface area contributed by atoms with Gasteiger partial charge in [-0.3, -0.25) is 4.79 Å². The number of hydrogen-bond donors (Lipinski definition) is 2. The summed E-state index contributed by atoms with van der Waals surface area (Å²) >= 11 is 5.96. The molecule has 22 heavy (non-hydrogen) atoms. The van der Waals surface area contributed by atoms with Gasteiger partial charge in [-0.1, -0.05) is 11.6 Å². The predicted octanol–water partition coefficient (Wildman–Crippen LogP) is 3.68. The van der Waals surface area contributed by atoms with Crippen molar-refractivity contribution in [2.24, 2.45) is 0 Å². The summed E-state index contributed by atoms with van der Waals surface area (Å²) in [5.74, 6) is -1.34. The minimum atomic E-state index is -0.706. The Morgan fingerprint density at radius 1 is 1.23 bits per heavy atom. The Hall–Kier alpha value is -2.34. The lowest BCUT2D eigenvalue weighted by Gasteiger charge is -2.10. The molecule has 1 amide bonds. The van der Waals surface area contributed by atoms with Gasteiger partial charge in [0.1, 0.15) is 17.4 Å². The largest absolute Gasteiger partial charge is 0.495 e. The predicted molar refractivity (Wildman–Crippen MR) is 81.5 cm³/mol. The summed E-state index contributed by atoms with van der Waals surface area (Å²) in [5.41, 5.74) is 0.389. The van der Waals surface area contributed by atoms with E-state index >= 15 is 0 Å². The smallest absolute Gasteiger partial charge is 0.243 e. The number of anilines is 2. The van der Waals surface area contributed by atoms with Gasteiger partial charge in [-0.15, -0.1) is 0 Å². The third-order valence-corrected chi connectivity index (χ3v) is 3.10. The molecule has 0 atom stereocenters. The molecule has 4 nitrogen and oxygen atoms in total. The fraction of sp³-hybridized carbons (Fsp3) is 0.133. The van der Waals surface area contributed by atoms with E-state index in [1.54, 1.807) is 18.2 Å². The molecule has 0 radical (unpaired) electrons. The first kappa shape index (κ1) is 16.0. The van der Waals surface area contributed by atoms with E-state index in [2.05, 4.69) is 10.6 Å². The molecule has 0 bridgehead atoms. The molecular weight excluding hydrogens is 314 g/mol. The van der Waals surface area contributed by atoms with E-state index in [1.165, 1.54) is 7.11 Å². The van der Waals surface area contributed by atoms with Gasteiger partial charge in [-0.2, -0.15) is 0 Å². The fourth-order valence-electron chi connectivity index (χ4n) is 1.75. The summed E-state index contributed by atoms with van der Waals surface area (Å²) in [5, 5.41) is 5.50. The minimum Gasteiger partial charge on any atom is -0.495 e. The topological polar surface area (TPSA) is 50.4 Å². The first-order valence-corrected chi connectivity index (χ1v) is 6.69. The van der Waals surface area contributed by atoms with E-state index < -0.39 is 17.5 Å². The Balaban J connectivity index is 1.95. The Labute approximate surface area is 131 Å². The van der Waals surface area contributed by atoms with Crippen LogP contribution in [0.15, 0.2) is 36.4 Å². The highest BCUT2D eigenvalue weighted by Gasteiger charge is 2.09. The minimum absolute atomic E-state index is 0.126. The van der Waals surface area contributed by atoms with Crippen LogP contribution in [0.5, 0.6) is 5.75 Å². The molecule has 0 aliphatic carbocycles. The molecule has 0 saturated heterocycles. The Kier molecular flexibility index (Phi) is 5.16. The van der Waals surface area contributed by atoms with Crippen LogP contribution in [0, 0.1) is 11.6 Å². The first-order chi connectivity index (χ1) is 10.5. The molecule has 2 aromatic rings. The van der Waals surface area contributed by atoms with Gasteiger partial charge < -0.3 is 15.4 Å². The molecule has 0 aliphatic heterocycles. The molecule has 0 spiro atoms. The van der Waals surface area contributed by atoms with Crippen molar-refractivity contribution < 1.29 is 18.3 Å². The van der Waals surface area contributed by atoms with Gasteiger partial charge in [-0.25, -0.2) is 8.78 Å². The molecule has 0 heterocycles. The van der Waals surface area contributed by atoms with Crippen molar-refractivity contribution in [1.29, 1.82) is 0 Å². The van der Waals surface area contributed by atoms with Gasteiger partial charge in [0.2, 0.25) is 5.91 Å². The third-order valence-electron chi connectivity index (χ3n) is 2.81. The molecular formula is C15H13ClF2N2O2. The van der Waals surface area contributed by atoms with E-state index in [0.29, 0.717) is 16.5 Å². The Morgan fingerprint density at radius 2 is 2.00 bits per heavy atom. The molecule has 2 N–H and O–H groups in total. The molecule has 0 unspecified atom stereocenters. The van der Waals surface area contributed by atoms with Crippen molar-refractivity contribution in [3.63, 3.8) is 0 Å². The highest BCUT2D eigenvalue weighted by molar-refractivity contribution is 6.32. The van der Waals surface area contributed by atoms with Crippen LogP contribution < -0.4 is 15.4 Å². The summed E-state index contributed by atoms with van der Waals surface area (Å²) in [6.07, 6.45) is 0. The van der Waals surface area contributed by atoms with Crippen molar-refractivity contribution in [2.75, 3.05) is 24.3 Å². The van der Waals surface area contributed by atoms with Crippen molar-refractivity contribution in [3.8, 4) is 5.75 Å². The zero-order valence-electron chi connectivity index (χ0n) is 11.6. The van der Waals surface area contributed by atoms with Crippen LogP contribution in [0.1, 0.15) is 0 Å². The number of hydrogen-bond acceptors (Lipinski definition) is 3. The average molecular weight is 327 g/mol. The first-order valence-electron chi connectivity index (χ1n) is 6.32. The second kappa shape index (κ2) is 7.09. The van der Waals surface area contributed by atoms with Crippen molar-refractivity contribution in [3.05, 3.63) is 53.1 Å². The van der Waals surface area contributed by atoms with Gasteiger partial charge in [0.15, 0.2) is 0 Å². The zero-order valence-corrected chi connectivity index (χ0v) is 12.4. The number of methoxy groups -OCH3 is 1. The molecule has 116 valence electrons. The number of nitrogens with one attached hydrogen (secondary N) is 2. The van der Waals surface area contributed by atoms with E-state index in [-0.39, 0.29) is 12.2 Å². The van der Waals surface area contributed by atoms with Crippen LogP contribution in [0.2, 0.25) is 5.02 Å². The summed E-state index contributed by atoms with van der Waals surface area (Å²) in [7, 11) is 1.50. The lowest BCUT2D eigenvalue weighted by Crippen LogP contribution is -2.22.